The van der Waals surface area contributed by atoms with E-state index in [9.17, 15) is 0 Å². The quantitative estimate of drug-likeness (QED) is 0.697. The summed E-state index contributed by atoms with van der Waals surface area (Å²) in [4.78, 5) is 0. The second kappa shape index (κ2) is 3.27. The fourth-order valence-electron chi connectivity index (χ4n) is 1.11. The third-order valence-corrected chi connectivity index (χ3v) is 2.20. The van der Waals surface area contributed by atoms with Gasteiger partial charge in [-0.1, -0.05) is 15.9 Å². The van der Waals surface area contributed by atoms with Crippen LogP contribution < -0.4 is 9.47 Å². The first kappa shape index (κ1) is 8.39. The molecule has 1 aromatic carbocycles. The van der Waals surface area contributed by atoms with Crippen LogP contribution >= 0.6 is 15.9 Å². The Labute approximate surface area is 84.0 Å². The van der Waals surface area contributed by atoms with Gasteiger partial charge in [0, 0.05) is 4.47 Å². The van der Waals surface area contributed by atoms with Crippen molar-refractivity contribution in [1.82, 2.24) is 0 Å². The molecule has 0 fully saturated rings. The summed E-state index contributed by atoms with van der Waals surface area (Å²) in [6.45, 7) is 0.297. The van der Waals surface area contributed by atoms with E-state index in [-0.39, 0.29) is 0 Å². The fraction of sp³-hybridized carbons (Fsp3) is 0.222. The van der Waals surface area contributed by atoms with Gasteiger partial charge in [0.2, 0.25) is 6.10 Å². The van der Waals surface area contributed by atoms with E-state index in [2.05, 4.69) is 15.9 Å². The zero-order valence-electron chi connectivity index (χ0n) is 6.66. The first-order valence-electron chi connectivity index (χ1n) is 3.78. The molecule has 1 aromatic rings. The largest absolute Gasteiger partial charge is 0.485 e. The highest BCUT2D eigenvalue weighted by molar-refractivity contribution is 9.10. The molecule has 66 valence electrons. The van der Waals surface area contributed by atoms with E-state index in [1.807, 2.05) is 18.2 Å². The van der Waals surface area contributed by atoms with Crippen LogP contribution in [0.1, 0.15) is 0 Å². The minimum atomic E-state index is -0.498. The fourth-order valence-corrected chi connectivity index (χ4v) is 1.45. The highest BCUT2D eigenvalue weighted by Crippen LogP contribution is 2.33. The van der Waals surface area contributed by atoms with Gasteiger partial charge in [0.05, 0.1) is 0 Å². The molecule has 1 heterocycles. The Bertz CT molecular complexity index is 372. The highest BCUT2D eigenvalue weighted by atomic mass is 79.9. The van der Waals surface area contributed by atoms with Crippen molar-refractivity contribution in [3.63, 3.8) is 0 Å². The van der Waals surface area contributed by atoms with Gasteiger partial charge >= 0.3 is 0 Å². The summed E-state index contributed by atoms with van der Waals surface area (Å²) in [6.07, 6.45) is -0.498. The van der Waals surface area contributed by atoms with Gasteiger partial charge in [-0.05, 0) is 18.2 Å². The van der Waals surface area contributed by atoms with Crippen molar-refractivity contribution in [2.24, 2.45) is 0 Å². The average Bonchev–Trinajstić information content (AvgIpc) is 2.16. The van der Waals surface area contributed by atoms with Gasteiger partial charge < -0.3 is 9.47 Å². The van der Waals surface area contributed by atoms with Crippen LogP contribution in [0.4, 0.5) is 0 Å². The number of ether oxygens (including phenoxy) is 2. The first-order chi connectivity index (χ1) is 6.29. The number of halogens is 1. The van der Waals surface area contributed by atoms with Crippen LogP contribution in [0.5, 0.6) is 11.5 Å². The van der Waals surface area contributed by atoms with Crippen LogP contribution in [0.3, 0.4) is 0 Å². The summed E-state index contributed by atoms with van der Waals surface area (Å²) in [7, 11) is 0. The SMILES string of the molecule is N#CC1COc2ccc(Br)cc2O1. The van der Waals surface area contributed by atoms with Crippen molar-refractivity contribution in [2.45, 2.75) is 6.10 Å². The Morgan fingerprint density at radius 2 is 2.31 bits per heavy atom. The van der Waals surface area contributed by atoms with E-state index in [0.29, 0.717) is 18.1 Å². The molecule has 0 radical (unpaired) electrons. The van der Waals surface area contributed by atoms with Crippen molar-refractivity contribution in [2.75, 3.05) is 6.61 Å². The van der Waals surface area contributed by atoms with Gasteiger partial charge in [-0.3, -0.25) is 0 Å². The Kier molecular flexibility index (Phi) is 2.11. The van der Waals surface area contributed by atoms with Crippen LogP contribution in [-0.2, 0) is 0 Å². The molecule has 0 aromatic heterocycles. The van der Waals surface area contributed by atoms with Crippen LogP contribution in [-0.4, -0.2) is 12.7 Å². The second-order valence-electron chi connectivity index (χ2n) is 2.64. The second-order valence-corrected chi connectivity index (χ2v) is 3.55. The summed E-state index contributed by atoms with van der Waals surface area (Å²) < 4.78 is 11.6. The third-order valence-electron chi connectivity index (χ3n) is 1.71. The first-order valence-corrected chi connectivity index (χ1v) is 4.57. The van der Waals surface area contributed by atoms with E-state index in [0.717, 1.165) is 4.47 Å². The van der Waals surface area contributed by atoms with Gasteiger partial charge in [-0.2, -0.15) is 5.26 Å². The maximum Gasteiger partial charge on any atom is 0.218 e. The van der Waals surface area contributed by atoms with E-state index >= 15 is 0 Å². The minimum absolute atomic E-state index is 0.297. The number of benzene rings is 1. The number of hydrogen-bond acceptors (Lipinski definition) is 3. The molecule has 0 saturated heterocycles. The van der Waals surface area contributed by atoms with Crippen LogP contribution in [0.2, 0.25) is 0 Å². The molecule has 13 heavy (non-hydrogen) atoms. The summed E-state index contributed by atoms with van der Waals surface area (Å²) in [5.41, 5.74) is 0. The number of fused-ring (bicyclic) bond motifs is 1. The van der Waals surface area contributed by atoms with Crippen molar-refractivity contribution in [1.29, 1.82) is 5.26 Å². The Morgan fingerprint density at radius 3 is 3.08 bits per heavy atom. The van der Waals surface area contributed by atoms with Crippen molar-refractivity contribution in [3.8, 4) is 17.6 Å². The molecule has 0 N–H and O–H groups in total. The number of rotatable bonds is 0. The minimum Gasteiger partial charge on any atom is -0.485 e. The zero-order valence-corrected chi connectivity index (χ0v) is 8.24. The Hall–Kier alpha value is -1.21. The molecule has 2 rings (SSSR count). The molecule has 0 saturated carbocycles. The molecule has 1 aliphatic heterocycles. The molecular weight excluding hydrogens is 234 g/mol. The van der Waals surface area contributed by atoms with Gasteiger partial charge in [0.25, 0.3) is 0 Å². The Balaban J connectivity index is 2.34. The lowest BCUT2D eigenvalue weighted by molar-refractivity contribution is 0.127. The summed E-state index contributed by atoms with van der Waals surface area (Å²) in [5.74, 6) is 1.31. The van der Waals surface area contributed by atoms with Crippen LogP contribution in [0.25, 0.3) is 0 Å². The summed E-state index contributed by atoms with van der Waals surface area (Å²) >= 11 is 3.31. The molecule has 0 bridgehead atoms. The number of hydrogen-bond donors (Lipinski definition) is 0. The summed E-state index contributed by atoms with van der Waals surface area (Å²) in [5, 5.41) is 8.62. The zero-order chi connectivity index (χ0) is 9.26. The van der Waals surface area contributed by atoms with Crippen LogP contribution in [0.15, 0.2) is 22.7 Å². The monoisotopic (exact) mass is 239 g/mol. The lowest BCUT2D eigenvalue weighted by Crippen LogP contribution is -2.27. The molecule has 1 unspecified atom stereocenters. The molecule has 1 aliphatic rings. The molecule has 4 heteroatoms. The smallest absolute Gasteiger partial charge is 0.218 e. The predicted octanol–water partition coefficient (Wildman–Crippen LogP) is 2.11. The van der Waals surface area contributed by atoms with E-state index < -0.39 is 6.10 Å². The molecule has 0 spiro atoms. The van der Waals surface area contributed by atoms with Gasteiger partial charge in [0.1, 0.15) is 12.7 Å². The maximum absolute atomic E-state index is 8.62. The number of nitriles is 1. The third kappa shape index (κ3) is 1.61. The van der Waals surface area contributed by atoms with Crippen molar-refractivity contribution >= 4 is 15.9 Å². The van der Waals surface area contributed by atoms with Crippen LogP contribution in [0, 0.1) is 11.3 Å². The maximum atomic E-state index is 8.62. The molecule has 0 aliphatic carbocycles. The summed E-state index contributed by atoms with van der Waals surface area (Å²) in [6, 6.07) is 7.47. The molecule has 1 atom stereocenters. The number of nitrogens with zero attached hydrogens (tertiary/aromatic N) is 1. The highest BCUT2D eigenvalue weighted by Gasteiger charge is 2.20. The molecule has 0 amide bonds. The lowest BCUT2D eigenvalue weighted by Gasteiger charge is -2.21. The van der Waals surface area contributed by atoms with E-state index in [4.69, 9.17) is 14.7 Å². The topological polar surface area (TPSA) is 42.2 Å². The predicted molar refractivity (Wildman–Crippen MR) is 49.7 cm³/mol. The standard InChI is InChI=1S/C9H6BrNO2/c10-6-1-2-8-9(3-6)13-7(4-11)5-12-8/h1-3,7H,5H2. The van der Waals surface area contributed by atoms with Crippen molar-refractivity contribution in [3.05, 3.63) is 22.7 Å². The van der Waals surface area contributed by atoms with Gasteiger partial charge in [-0.25, -0.2) is 0 Å². The lowest BCUT2D eigenvalue weighted by atomic mass is 10.3. The molecule has 3 nitrogen and oxygen atoms in total. The normalized spacial score (nSPS) is 19.2. The van der Waals surface area contributed by atoms with Gasteiger partial charge in [0.15, 0.2) is 11.5 Å². The van der Waals surface area contributed by atoms with E-state index in [1.54, 1.807) is 6.07 Å². The van der Waals surface area contributed by atoms with E-state index in [1.165, 1.54) is 0 Å². The molecular formula is C9H6BrNO2. The average molecular weight is 240 g/mol. The van der Waals surface area contributed by atoms with Gasteiger partial charge in [-0.15, -0.1) is 0 Å². The van der Waals surface area contributed by atoms with Crippen molar-refractivity contribution < 1.29 is 9.47 Å². The Morgan fingerprint density at radius 1 is 1.46 bits per heavy atom.